The fourth-order valence-electron chi connectivity index (χ4n) is 3.67. The molecule has 0 bridgehead atoms. The van der Waals surface area contributed by atoms with Gasteiger partial charge in [-0.3, -0.25) is 9.59 Å². The number of aliphatic carboxylic acids is 1. The van der Waals surface area contributed by atoms with Crippen molar-refractivity contribution in [1.29, 1.82) is 0 Å². The van der Waals surface area contributed by atoms with Crippen LogP contribution in [0.5, 0.6) is 0 Å². The maximum atomic E-state index is 13.7. The molecule has 0 fully saturated rings. The van der Waals surface area contributed by atoms with Gasteiger partial charge in [-0.1, -0.05) is 54.1 Å². The average Bonchev–Trinajstić information content (AvgIpc) is 2.85. The lowest BCUT2D eigenvalue weighted by molar-refractivity contribution is -0.144. The van der Waals surface area contributed by atoms with Gasteiger partial charge in [-0.15, -0.1) is 0 Å². The molecule has 0 radical (unpaired) electrons. The topological polar surface area (TPSA) is 86.7 Å². The fraction of sp³-hybridized carbons (Fsp3) is 0.0870. The molecule has 3 aromatic rings. The second-order valence-electron chi connectivity index (χ2n) is 7.00. The van der Waals surface area contributed by atoms with Crippen molar-refractivity contribution < 1.29 is 19.5 Å². The van der Waals surface area contributed by atoms with Crippen LogP contribution in [0.4, 0.5) is 5.69 Å². The molecular weight excluding hydrogens is 531 g/mol. The van der Waals surface area contributed by atoms with Crippen LogP contribution < -0.4 is 5.32 Å². The van der Waals surface area contributed by atoms with Gasteiger partial charge in [0.15, 0.2) is 6.04 Å². The molecule has 6 nitrogen and oxygen atoms in total. The van der Waals surface area contributed by atoms with E-state index in [-0.39, 0.29) is 5.56 Å². The zero-order chi connectivity index (χ0) is 22.1. The highest BCUT2D eigenvalue weighted by Gasteiger charge is 2.43. The van der Waals surface area contributed by atoms with Crippen LogP contribution in [0.3, 0.4) is 0 Å². The number of nitrogens with zero attached hydrogens (tertiary/aromatic N) is 1. The first kappa shape index (κ1) is 21.3. The third kappa shape index (κ3) is 4.15. The molecule has 3 aromatic carbocycles. The molecule has 0 unspecified atom stereocenters. The minimum Gasteiger partial charge on any atom is -0.479 e. The highest BCUT2D eigenvalue weighted by atomic mass is 127. The number of amides is 2. The number of benzene rings is 3. The number of halogens is 2. The maximum Gasteiger partial charge on any atom is 0.331 e. The van der Waals surface area contributed by atoms with Gasteiger partial charge in [0, 0.05) is 8.59 Å². The van der Waals surface area contributed by atoms with Crippen LogP contribution in [0, 0.1) is 3.57 Å². The minimum atomic E-state index is -1.40. The first-order valence-electron chi connectivity index (χ1n) is 9.33. The van der Waals surface area contributed by atoms with E-state index in [9.17, 15) is 19.5 Å². The van der Waals surface area contributed by atoms with E-state index in [4.69, 9.17) is 11.6 Å². The number of carboxylic acid groups (broad SMARTS) is 1. The molecular formula is C23H16ClIN2O4. The standard InChI is InChI=1S/C23H16ClIN2O4/c24-15-8-6-14(7-9-15)20(23(30)31)27-19(13-4-2-1-3-5-13)21(28)26-18-11-10-16(25)12-17(18)22(27)29/h1-12,19-20H,(H,26,28)(H,30,31)/t19-,20-/m0/s1. The van der Waals surface area contributed by atoms with E-state index in [0.29, 0.717) is 21.8 Å². The lowest BCUT2D eigenvalue weighted by Crippen LogP contribution is -2.44. The van der Waals surface area contributed by atoms with E-state index in [1.54, 1.807) is 72.8 Å². The number of carboxylic acids is 1. The van der Waals surface area contributed by atoms with Crippen LogP contribution in [0.1, 0.15) is 33.6 Å². The van der Waals surface area contributed by atoms with E-state index < -0.39 is 29.9 Å². The highest BCUT2D eigenvalue weighted by molar-refractivity contribution is 14.1. The molecule has 0 spiro atoms. The first-order valence-corrected chi connectivity index (χ1v) is 10.8. The van der Waals surface area contributed by atoms with Crippen molar-refractivity contribution in [2.45, 2.75) is 12.1 Å². The zero-order valence-corrected chi connectivity index (χ0v) is 18.9. The van der Waals surface area contributed by atoms with Gasteiger partial charge in [-0.2, -0.15) is 0 Å². The Hall–Kier alpha value is -2.91. The Labute approximate surface area is 197 Å². The lowest BCUT2D eigenvalue weighted by atomic mass is 9.98. The number of carbonyl (C=O) groups excluding carboxylic acids is 2. The monoisotopic (exact) mass is 546 g/mol. The van der Waals surface area contributed by atoms with Crippen molar-refractivity contribution in [3.8, 4) is 0 Å². The third-order valence-corrected chi connectivity index (χ3v) is 5.97. The van der Waals surface area contributed by atoms with E-state index in [2.05, 4.69) is 27.9 Å². The van der Waals surface area contributed by atoms with Crippen LogP contribution in [0.15, 0.2) is 72.8 Å². The molecule has 0 aromatic heterocycles. The van der Waals surface area contributed by atoms with Crippen molar-refractivity contribution in [2.24, 2.45) is 0 Å². The molecule has 1 heterocycles. The van der Waals surface area contributed by atoms with Gasteiger partial charge in [0.1, 0.15) is 6.04 Å². The fourth-order valence-corrected chi connectivity index (χ4v) is 4.28. The quantitative estimate of drug-likeness (QED) is 0.456. The number of hydrogen-bond donors (Lipinski definition) is 2. The van der Waals surface area contributed by atoms with Gasteiger partial charge in [0.25, 0.3) is 11.8 Å². The lowest BCUT2D eigenvalue weighted by Gasteiger charge is -2.34. The van der Waals surface area contributed by atoms with Gasteiger partial charge in [0.05, 0.1) is 11.3 Å². The normalized spacial score (nSPS) is 16.8. The molecule has 2 atom stereocenters. The Morgan fingerprint density at radius 3 is 2.35 bits per heavy atom. The van der Waals surface area contributed by atoms with Crippen LogP contribution in [-0.2, 0) is 9.59 Å². The molecule has 4 rings (SSSR count). The predicted molar refractivity (Wildman–Crippen MR) is 125 cm³/mol. The van der Waals surface area contributed by atoms with Gasteiger partial charge in [-0.25, -0.2) is 4.79 Å². The first-order chi connectivity index (χ1) is 14.9. The molecule has 1 aliphatic rings. The molecule has 31 heavy (non-hydrogen) atoms. The second-order valence-corrected chi connectivity index (χ2v) is 8.68. The predicted octanol–water partition coefficient (Wildman–Crippen LogP) is 4.91. The van der Waals surface area contributed by atoms with Crippen LogP contribution in [-0.4, -0.2) is 27.8 Å². The molecule has 0 saturated carbocycles. The summed E-state index contributed by atoms with van der Waals surface area (Å²) in [5.41, 5.74) is 1.43. The molecule has 0 saturated heterocycles. The van der Waals surface area contributed by atoms with Crippen molar-refractivity contribution in [3.05, 3.63) is 98.1 Å². The summed E-state index contributed by atoms with van der Waals surface area (Å²) < 4.78 is 0.787. The third-order valence-electron chi connectivity index (χ3n) is 5.04. The second kappa shape index (κ2) is 8.68. The Morgan fingerprint density at radius 2 is 1.71 bits per heavy atom. The molecule has 8 heteroatoms. The van der Waals surface area contributed by atoms with Crippen LogP contribution in [0.2, 0.25) is 5.02 Å². The van der Waals surface area contributed by atoms with E-state index in [0.717, 1.165) is 8.47 Å². The summed E-state index contributed by atoms with van der Waals surface area (Å²) in [7, 11) is 0. The summed E-state index contributed by atoms with van der Waals surface area (Å²) in [6.45, 7) is 0. The molecule has 156 valence electrons. The number of carbonyl (C=O) groups is 3. The maximum absolute atomic E-state index is 13.7. The van der Waals surface area contributed by atoms with Gasteiger partial charge in [-0.05, 0) is 64.0 Å². The SMILES string of the molecule is O=C(O)[C@H](c1ccc(Cl)cc1)N1C(=O)c2cc(I)ccc2NC(=O)[C@@H]1c1ccccc1. The molecule has 1 aliphatic heterocycles. The molecule has 0 aliphatic carbocycles. The van der Waals surface area contributed by atoms with Crippen LogP contribution >= 0.6 is 34.2 Å². The Bertz CT molecular complexity index is 1170. The number of fused-ring (bicyclic) bond motifs is 1. The van der Waals surface area contributed by atoms with Crippen molar-refractivity contribution in [2.75, 3.05) is 5.32 Å². The zero-order valence-electron chi connectivity index (χ0n) is 16.0. The van der Waals surface area contributed by atoms with Crippen molar-refractivity contribution in [1.82, 2.24) is 4.90 Å². The summed E-state index contributed by atoms with van der Waals surface area (Å²) in [5, 5.41) is 13.4. The Morgan fingerprint density at radius 1 is 1.03 bits per heavy atom. The highest BCUT2D eigenvalue weighted by Crippen LogP contribution is 2.38. The number of nitrogens with one attached hydrogen (secondary N) is 1. The number of rotatable bonds is 4. The largest absolute Gasteiger partial charge is 0.479 e. The van der Waals surface area contributed by atoms with E-state index in [1.165, 1.54) is 0 Å². The van der Waals surface area contributed by atoms with Crippen molar-refractivity contribution >= 4 is 57.7 Å². The van der Waals surface area contributed by atoms with E-state index >= 15 is 0 Å². The van der Waals surface area contributed by atoms with E-state index in [1.807, 2.05) is 0 Å². The summed E-state index contributed by atoms with van der Waals surface area (Å²) in [6, 6.07) is 17.4. The van der Waals surface area contributed by atoms with Gasteiger partial charge >= 0.3 is 5.97 Å². The van der Waals surface area contributed by atoms with Gasteiger partial charge in [0.2, 0.25) is 0 Å². The average molecular weight is 547 g/mol. The summed E-state index contributed by atoms with van der Waals surface area (Å²) in [4.78, 5) is 40.6. The Kier molecular flexibility index (Phi) is 5.97. The van der Waals surface area contributed by atoms with Gasteiger partial charge < -0.3 is 15.3 Å². The summed E-state index contributed by atoms with van der Waals surface area (Å²) >= 11 is 8.04. The number of hydrogen-bond acceptors (Lipinski definition) is 3. The summed E-state index contributed by atoms with van der Waals surface area (Å²) in [5.74, 6) is -2.29. The summed E-state index contributed by atoms with van der Waals surface area (Å²) in [6.07, 6.45) is 0. The molecule has 2 N–H and O–H groups in total. The Balaban J connectivity index is 1.95. The molecule has 2 amide bonds. The van der Waals surface area contributed by atoms with Crippen LogP contribution in [0.25, 0.3) is 0 Å². The number of anilines is 1. The minimum absolute atomic E-state index is 0.235. The van der Waals surface area contributed by atoms with Crippen molar-refractivity contribution in [3.63, 3.8) is 0 Å². The smallest absolute Gasteiger partial charge is 0.331 e.